The molecule has 82 valence electrons. The maximum atomic E-state index is 11.0. The van der Waals surface area contributed by atoms with Gasteiger partial charge in [0.25, 0.3) is 0 Å². The quantitative estimate of drug-likeness (QED) is 0.795. The van der Waals surface area contributed by atoms with Crippen LogP contribution in [-0.2, 0) is 10.2 Å². The monoisotopic (exact) mass is 226 g/mol. The molecular formula is C11H15ClN2O. The van der Waals surface area contributed by atoms with Gasteiger partial charge in [-0.3, -0.25) is 9.78 Å². The van der Waals surface area contributed by atoms with Gasteiger partial charge < -0.3 is 5.32 Å². The van der Waals surface area contributed by atoms with Gasteiger partial charge in [0, 0.05) is 23.9 Å². The van der Waals surface area contributed by atoms with Crippen molar-refractivity contribution in [3.8, 4) is 0 Å². The Balaban J connectivity index is 2.63. The summed E-state index contributed by atoms with van der Waals surface area (Å²) < 4.78 is 0. The van der Waals surface area contributed by atoms with E-state index < -0.39 is 0 Å². The topological polar surface area (TPSA) is 42.0 Å². The summed E-state index contributed by atoms with van der Waals surface area (Å²) in [7, 11) is 0. The number of halogens is 1. The third kappa shape index (κ3) is 3.51. The fourth-order valence-electron chi connectivity index (χ4n) is 1.22. The minimum absolute atomic E-state index is 0.00169. The van der Waals surface area contributed by atoms with E-state index in [0.717, 1.165) is 5.69 Å². The molecule has 3 nitrogen and oxygen atoms in total. The average Bonchev–Trinajstić information content (AvgIpc) is 2.27. The van der Waals surface area contributed by atoms with Gasteiger partial charge in [-0.15, -0.1) is 11.6 Å². The smallest absolute Gasteiger partial charge is 0.234 e. The predicted molar refractivity (Wildman–Crippen MR) is 61.0 cm³/mol. The maximum absolute atomic E-state index is 11.0. The maximum Gasteiger partial charge on any atom is 0.234 e. The summed E-state index contributed by atoms with van der Waals surface area (Å²) >= 11 is 5.40. The molecule has 0 saturated heterocycles. The molecule has 0 aliphatic carbocycles. The minimum atomic E-state index is -0.178. The Morgan fingerprint density at radius 3 is 2.80 bits per heavy atom. The highest BCUT2D eigenvalue weighted by Crippen LogP contribution is 2.19. The van der Waals surface area contributed by atoms with Gasteiger partial charge in [0.15, 0.2) is 0 Å². The summed E-state index contributed by atoms with van der Waals surface area (Å²) in [4.78, 5) is 15.3. The number of nitrogens with zero attached hydrogens (tertiary/aromatic N) is 1. The zero-order chi connectivity index (χ0) is 11.3. The molecule has 0 saturated carbocycles. The van der Waals surface area contributed by atoms with Crippen molar-refractivity contribution in [3.63, 3.8) is 0 Å². The van der Waals surface area contributed by atoms with Gasteiger partial charge in [0.1, 0.15) is 5.88 Å². The number of amides is 1. The molecule has 0 aliphatic heterocycles. The van der Waals surface area contributed by atoms with Crippen LogP contribution in [0.4, 0.5) is 0 Å². The second-order valence-electron chi connectivity index (χ2n) is 4.01. The van der Waals surface area contributed by atoms with Crippen molar-refractivity contribution in [2.75, 3.05) is 12.4 Å². The zero-order valence-electron chi connectivity index (χ0n) is 8.96. The van der Waals surface area contributed by atoms with Crippen molar-refractivity contribution >= 4 is 17.5 Å². The van der Waals surface area contributed by atoms with Crippen molar-refractivity contribution in [3.05, 3.63) is 30.1 Å². The van der Waals surface area contributed by atoms with Gasteiger partial charge in [-0.05, 0) is 12.1 Å². The van der Waals surface area contributed by atoms with E-state index in [1.165, 1.54) is 0 Å². The van der Waals surface area contributed by atoms with E-state index in [2.05, 4.69) is 10.3 Å². The van der Waals surface area contributed by atoms with Crippen LogP contribution >= 0.6 is 11.6 Å². The highest BCUT2D eigenvalue weighted by molar-refractivity contribution is 6.27. The Hall–Kier alpha value is -1.09. The average molecular weight is 227 g/mol. The molecule has 0 bridgehead atoms. The largest absolute Gasteiger partial charge is 0.354 e. The fraction of sp³-hybridized carbons (Fsp3) is 0.455. The third-order valence-corrected chi connectivity index (χ3v) is 2.45. The van der Waals surface area contributed by atoms with E-state index in [0.29, 0.717) is 6.54 Å². The summed E-state index contributed by atoms with van der Waals surface area (Å²) in [5.41, 5.74) is 0.781. The van der Waals surface area contributed by atoms with Gasteiger partial charge in [-0.25, -0.2) is 0 Å². The zero-order valence-corrected chi connectivity index (χ0v) is 9.71. The first-order valence-corrected chi connectivity index (χ1v) is 5.34. The predicted octanol–water partition coefficient (Wildman–Crippen LogP) is 1.71. The van der Waals surface area contributed by atoms with E-state index >= 15 is 0 Å². The van der Waals surface area contributed by atoms with Gasteiger partial charge in [0.05, 0.1) is 0 Å². The number of alkyl halides is 1. The fourth-order valence-corrected chi connectivity index (χ4v) is 1.31. The van der Waals surface area contributed by atoms with Crippen molar-refractivity contribution in [1.82, 2.24) is 10.3 Å². The van der Waals surface area contributed by atoms with Crippen LogP contribution in [0.5, 0.6) is 0 Å². The first-order valence-electron chi connectivity index (χ1n) is 4.80. The second kappa shape index (κ2) is 5.12. The van der Waals surface area contributed by atoms with Crippen molar-refractivity contribution in [1.29, 1.82) is 0 Å². The van der Waals surface area contributed by atoms with E-state index in [4.69, 9.17) is 11.6 Å². The Bertz CT molecular complexity index is 325. The molecular weight excluding hydrogens is 212 g/mol. The highest BCUT2D eigenvalue weighted by atomic mass is 35.5. The molecule has 0 spiro atoms. The Morgan fingerprint density at radius 1 is 1.53 bits per heavy atom. The second-order valence-corrected chi connectivity index (χ2v) is 4.28. The van der Waals surface area contributed by atoms with E-state index in [1.54, 1.807) is 6.20 Å². The molecule has 1 aromatic rings. The third-order valence-electron chi connectivity index (χ3n) is 2.21. The number of aromatic nitrogens is 1. The summed E-state index contributed by atoms with van der Waals surface area (Å²) in [6.07, 6.45) is 1.75. The molecule has 0 aromatic carbocycles. The van der Waals surface area contributed by atoms with Crippen LogP contribution < -0.4 is 5.32 Å². The lowest BCUT2D eigenvalue weighted by atomic mass is 9.89. The number of carbonyl (C=O) groups excluding carboxylic acids is 1. The van der Waals surface area contributed by atoms with E-state index in [9.17, 15) is 4.79 Å². The van der Waals surface area contributed by atoms with E-state index in [1.807, 2.05) is 32.0 Å². The normalized spacial score (nSPS) is 11.1. The molecule has 1 aromatic heterocycles. The first kappa shape index (κ1) is 12.0. The van der Waals surface area contributed by atoms with Crippen LogP contribution in [0.3, 0.4) is 0 Å². The number of carbonyl (C=O) groups is 1. The number of pyridine rings is 1. The molecule has 1 rings (SSSR count). The lowest BCUT2D eigenvalue weighted by molar-refractivity contribution is -0.118. The summed E-state index contributed by atoms with van der Waals surface area (Å²) in [5, 5.41) is 2.76. The Labute approximate surface area is 94.9 Å². The van der Waals surface area contributed by atoms with E-state index in [-0.39, 0.29) is 17.2 Å². The molecule has 1 amide bonds. The molecule has 0 fully saturated rings. The highest BCUT2D eigenvalue weighted by Gasteiger charge is 2.22. The lowest BCUT2D eigenvalue weighted by Crippen LogP contribution is -2.37. The summed E-state index contributed by atoms with van der Waals surface area (Å²) in [5.74, 6) is -0.154. The Morgan fingerprint density at radius 2 is 2.27 bits per heavy atom. The molecule has 0 aliphatic rings. The van der Waals surface area contributed by atoms with Crippen LogP contribution in [-0.4, -0.2) is 23.3 Å². The summed E-state index contributed by atoms with van der Waals surface area (Å²) in [6.45, 7) is 4.60. The Kier molecular flexibility index (Phi) is 4.09. The van der Waals surface area contributed by atoms with Crippen LogP contribution in [0.25, 0.3) is 0 Å². The molecule has 0 atom stereocenters. The van der Waals surface area contributed by atoms with Gasteiger partial charge in [-0.2, -0.15) is 0 Å². The lowest BCUT2D eigenvalue weighted by Gasteiger charge is -2.24. The number of hydrogen-bond donors (Lipinski definition) is 1. The van der Waals surface area contributed by atoms with Crippen LogP contribution in [0.2, 0.25) is 0 Å². The van der Waals surface area contributed by atoms with Gasteiger partial charge in [-0.1, -0.05) is 19.9 Å². The summed E-state index contributed by atoms with van der Waals surface area (Å²) in [6, 6.07) is 5.76. The van der Waals surface area contributed by atoms with Gasteiger partial charge >= 0.3 is 0 Å². The van der Waals surface area contributed by atoms with Crippen molar-refractivity contribution < 1.29 is 4.79 Å². The SMILES string of the molecule is CC(C)(CNC(=O)CCl)c1ccccn1. The van der Waals surface area contributed by atoms with Crippen LogP contribution in [0.15, 0.2) is 24.4 Å². The number of nitrogens with one attached hydrogen (secondary N) is 1. The molecule has 0 unspecified atom stereocenters. The first-order chi connectivity index (χ1) is 7.06. The standard InChI is InChI=1S/C11H15ClN2O/c1-11(2,8-14-10(15)7-12)9-5-3-4-6-13-9/h3-6H,7-8H2,1-2H3,(H,14,15). The molecule has 1 heterocycles. The van der Waals surface area contributed by atoms with Crippen LogP contribution in [0, 0.1) is 0 Å². The van der Waals surface area contributed by atoms with Gasteiger partial charge in [0.2, 0.25) is 5.91 Å². The molecule has 4 heteroatoms. The molecule has 1 N–H and O–H groups in total. The number of rotatable bonds is 4. The minimum Gasteiger partial charge on any atom is -0.354 e. The molecule has 0 radical (unpaired) electrons. The number of hydrogen-bond acceptors (Lipinski definition) is 2. The van der Waals surface area contributed by atoms with Crippen molar-refractivity contribution in [2.45, 2.75) is 19.3 Å². The molecule has 15 heavy (non-hydrogen) atoms. The van der Waals surface area contributed by atoms with Crippen molar-refractivity contribution in [2.24, 2.45) is 0 Å². The van der Waals surface area contributed by atoms with Crippen LogP contribution in [0.1, 0.15) is 19.5 Å².